The smallest absolute Gasteiger partial charge is 0.243 e. The Hall–Kier alpha value is -1.60. The summed E-state index contributed by atoms with van der Waals surface area (Å²) in [7, 11) is 0. The first-order valence-electron chi connectivity index (χ1n) is 5.20. The van der Waals surface area contributed by atoms with Crippen molar-refractivity contribution in [1.29, 1.82) is 0 Å². The molecule has 5 nitrogen and oxygen atoms in total. The van der Waals surface area contributed by atoms with Gasteiger partial charge in [0.2, 0.25) is 11.8 Å². The predicted molar refractivity (Wildman–Crippen MR) is 76.4 cm³/mol. The minimum absolute atomic E-state index is 0.00688. The zero-order chi connectivity index (χ0) is 13.1. The summed E-state index contributed by atoms with van der Waals surface area (Å²) < 4.78 is 0.572. The highest BCUT2D eigenvalue weighted by Crippen LogP contribution is 2.27. The molecular weight excluding hydrogens is 270 g/mol. The molecule has 0 aliphatic carbocycles. The van der Waals surface area contributed by atoms with E-state index in [1.807, 2.05) is 0 Å². The Morgan fingerprint density at radius 2 is 2.06 bits per heavy atom. The van der Waals surface area contributed by atoms with Crippen LogP contribution in [-0.2, 0) is 9.59 Å². The normalized spacial score (nSPS) is 14.8. The van der Waals surface area contributed by atoms with Crippen LogP contribution in [0.15, 0.2) is 24.3 Å². The van der Waals surface area contributed by atoms with Crippen molar-refractivity contribution in [3.8, 4) is 0 Å². The van der Waals surface area contributed by atoms with Crippen LogP contribution in [-0.4, -0.2) is 21.9 Å². The van der Waals surface area contributed by atoms with E-state index >= 15 is 0 Å². The Bertz CT molecular complexity index is 486. The maximum Gasteiger partial charge on any atom is 0.243 e. The number of benzene rings is 1. The molecule has 1 aliphatic rings. The van der Waals surface area contributed by atoms with E-state index in [0.29, 0.717) is 10.1 Å². The molecule has 1 aromatic rings. The summed E-state index contributed by atoms with van der Waals surface area (Å²) in [5.74, 6) is 0.212. The molecule has 2 rings (SSSR count). The lowest BCUT2D eigenvalue weighted by Crippen LogP contribution is -2.28. The second kappa shape index (κ2) is 5.36. The van der Waals surface area contributed by atoms with Gasteiger partial charge in [-0.2, -0.15) is 0 Å². The van der Waals surface area contributed by atoms with Crippen LogP contribution in [0.4, 0.5) is 11.4 Å². The summed E-state index contributed by atoms with van der Waals surface area (Å²) in [6.07, 6.45) is 0. The molecule has 2 N–H and O–H groups in total. The molecular formula is C11H11N3O2S2. The molecule has 2 amide bonds. The van der Waals surface area contributed by atoms with Crippen LogP contribution < -0.4 is 15.8 Å². The molecule has 1 fully saturated rings. The van der Waals surface area contributed by atoms with Crippen molar-refractivity contribution < 1.29 is 9.59 Å². The zero-order valence-electron chi connectivity index (χ0n) is 9.60. The topological polar surface area (TPSA) is 61.4 Å². The molecule has 94 valence electrons. The van der Waals surface area contributed by atoms with Gasteiger partial charge in [-0.15, -0.1) is 0 Å². The summed E-state index contributed by atoms with van der Waals surface area (Å²) in [5, 5.41) is 0. The monoisotopic (exact) mass is 281 g/mol. The number of carbonyl (C=O) groups excluding carboxylic acids is 2. The SMILES string of the molecule is CC(=O)NNc1ccc(N2C(=O)CSC2=S)cc1. The highest BCUT2D eigenvalue weighted by Gasteiger charge is 2.27. The lowest BCUT2D eigenvalue weighted by molar-refractivity contribution is -0.118. The lowest BCUT2D eigenvalue weighted by atomic mass is 10.2. The fourth-order valence-electron chi connectivity index (χ4n) is 1.46. The first kappa shape index (κ1) is 12.8. The first-order valence-corrected chi connectivity index (χ1v) is 6.59. The van der Waals surface area contributed by atoms with E-state index < -0.39 is 0 Å². The van der Waals surface area contributed by atoms with Gasteiger partial charge in [-0.1, -0.05) is 24.0 Å². The molecule has 0 spiro atoms. The summed E-state index contributed by atoms with van der Waals surface area (Å²) >= 11 is 6.48. The van der Waals surface area contributed by atoms with Gasteiger partial charge >= 0.3 is 0 Å². The minimum atomic E-state index is -0.175. The van der Waals surface area contributed by atoms with E-state index in [2.05, 4.69) is 10.9 Å². The van der Waals surface area contributed by atoms with Gasteiger partial charge < -0.3 is 0 Å². The molecule has 0 unspecified atom stereocenters. The van der Waals surface area contributed by atoms with Crippen molar-refractivity contribution in [2.24, 2.45) is 0 Å². The van der Waals surface area contributed by atoms with Crippen LogP contribution in [0.1, 0.15) is 6.92 Å². The Labute approximate surface area is 114 Å². The fourth-order valence-corrected chi connectivity index (χ4v) is 2.55. The van der Waals surface area contributed by atoms with Crippen LogP contribution >= 0.6 is 24.0 Å². The molecule has 1 aliphatic heterocycles. The Morgan fingerprint density at radius 3 is 2.56 bits per heavy atom. The van der Waals surface area contributed by atoms with E-state index in [-0.39, 0.29) is 11.8 Å². The van der Waals surface area contributed by atoms with Gasteiger partial charge in [0, 0.05) is 6.92 Å². The van der Waals surface area contributed by atoms with Gasteiger partial charge in [-0.3, -0.25) is 25.3 Å². The van der Waals surface area contributed by atoms with Crippen molar-refractivity contribution in [3.05, 3.63) is 24.3 Å². The molecule has 1 saturated heterocycles. The van der Waals surface area contributed by atoms with Crippen LogP contribution in [0.2, 0.25) is 0 Å². The van der Waals surface area contributed by atoms with Crippen LogP contribution in [0.25, 0.3) is 0 Å². The standard InChI is InChI=1S/C11H11N3O2S2/c1-7(15)12-13-8-2-4-9(5-3-8)14-10(16)6-18-11(14)17/h2-5,13H,6H2,1H3,(H,12,15). The van der Waals surface area contributed by atoms with E-state index in [4.69, 9.17) is 12.2 Å². The third-order valence-corrected chi connectivity index (χ3v) is 3.62. The second-order valence-electron chi connectivity index (χ2n) is 3.64. The molecule has 0 aromatic heterocycles. The van der Waals surface area contributed by atoms with Crippen molar-refractivity contribution in [2.75, 3.05) is 16.1 Å². The lowest BCUT2D eigenvalue weighted by Gasteiger charge is -2.15. The number of hydrogen-bond acceptors (Lipinski definition) is 5. The number of carbonyl (C=O) groups is 2. The number of amides is 2. The third kappa shape index (κ3) is 2.80. The highest BCUT2D eigenvalue weighted by molar-refractivity contribution is 8.24. The Kier molecular flexibility index (Phi) is 3.83. The maximum atomic E-state index is 11.6. The van der Waals surface area contributed by atoms with Gasteiger partial charge in [0.1, 0.15) is 4.32 Å². The summed E-state index contributed by atoms with van der Waals surface area (Å²) in [6, 6.07) is 7.09. The van der Waals surface area contributed by atoms with Gasteiger partial charge in [0.25, 0.3) is 0 Å². The Morgan fingerprint density at radius 1 is 1.39 bits per heavy atom. The Balaban J connectivity index is 2.10. The van der Waals surface area contributed by atoms with Crippen molar-refractivity contribution in [1.82, 2.24) is 5.43 Å². The number of hydrazine groups is 1. The van der Waals surface area contributed by atoms with Crippen LogP contribution in [0.5, 0.6) is 0 Å². The number of thiocarbonyl (C=S) groups is 1. The van der Waals surface area contributed by atoms with Gasteiger partial charge in [0.15, 0.2) is 0 Å². The number of rotatable bonds is 3. The number of nitrogens with one attached hydrogen (secondary N) is 2. The average Bonchev–Trinajstić information content (AvgIpc) is 2.67. The number of anilines is 2. The molecule has 0 saturated carbocycles. The minimum Gasteiger partial charge on any atom is -0.299 e. The van der Waals surface area contributed by atoms with Crippen molar-refractivity contribution >= 4 is 51.5 Å². The molecule has 7 heteroatoms. The largest absolute Gasteiger partial charge is 0.299 e. The summed E-state index contributed by atoms with van der Waals surface area (Å²) in [4.78, 5) is 23.9. The van der Waals surface area contributed by atoms with E-state index in [0.717, 1.165) is 11.4 Å². The quantitative estimate of drug-likeness (QED) is 0.649. The third-order valence-electron chi connectivity index (χ3n) is 2.26. The molecule has 1 aromatic carbocycles. The predicted octanol–water partition coefficient (Wildman–Crippen LogP) is 1.51. The maximum absolute atomic E-state index is 11.6. The van der Waals surface area contributed by atoms with Gasteiger partial charge in [-0.25, -0.2) is 0 Å². The number of nitrogens with zero attached hydrogens (tertiary/aromatic N) is 1. The highest BCUT2D eigenvalue weighted by atomic mass is 32.2. The first-order chi connectivity index (χ1) is 8.58. The van der Waals surface area contributed by atoms with Crippen LogP contribution in [0, 0.1) is 0 Å². The van der Waals surface area contributed by atoms with Gasteiger partial charge in [0.05, 0.1) is 17.1 Å². The average molecular weight is 281 g/mol. The summed E-state index contributed by atoms with van der Waals surface area (Å²) in [6.45, 7) is 1.42. The van der Waals surface area contributed by atoms with Crippen LogP contribution in [0.3, 0.4) is 0 Å². The van der Waals surface area contributed by atoms with Crippen molar-refractivity contribution in [2.45, 2.75) is 6.92 Å². The van der Waals surface area contributed by atoms with E-state index in [1.165, 1.54) is 23.6 Å². The number of thioether (sulfide) groups is 1. The number of hydrogen-bond donors (Lipinski definition) is 2. The molecule has 0 atom stereocenters. The van der Waals surface area contributed by atoms with E-state index in [9.17, 15) is 9.59 Å². The molecule has 0 radical (unpaired) electrons. The fraction of sp³-hybridized carbons (Fsp3) is 0.182. The molecule has 0 bridgehead atoms. The zero-order valence-corrected chi connectivity index (χ0v) is 11.2. The molecule has 18 heavy (non-hydrogen) atoms. The summed E-state index contributed by atoms with van der Waals surface area (Å²) in [5.41, 5.74) is 6.69. The van der Waals surface area contributed by atoms with Gasteiger partial charge in [-0.05, 0) is 24.3 Å². The van der Waals surface area contributed by atoms with E-state index in [1.54, 1.807) is 24.3 Å². The van der Waals surface area contributed by atoms with Crippen molar-refractivity contribution in [3.63, 3.8) is 0 Å². The second-order valence-corrected chi connectivity index (χ2v) is 5.25. The molecule has 1 heterocycles.